The Hall–Kier alpha value is -0.940. The Bertz CT molecular complexity index is 342. The Morgan fingerprint density at radius 2 is 2.35 bits per heavy atom. The van der Waals surface area contributed by atoms with Crippen molar-refractivity contribution < 1.29 is 0 Å². The Labute approximate surface area is 103 Å². The highest BCUT2D eigenvalue weighted by atomic mass is 15.4. The molecule has 1 aromatic heterocycles. The zero-order valence-corrected chi connectivity index (χ0v) is 10.7. The third-order valence-electron chi connectivity index (χ3n) is 3.49. The lowest BCUT2D eigenvalue weighted by Crippen LogP contribution is -2.23. The summed E-state index contributed by atoms with van der Waals surface area (Å²) in [5.41, 5.74) is 7.07. The van der Waals surface area contributed by atoms with Crippen LogP contribution >= 0.6 is 0 Å². The van der Waals surface area contributed by atoms with Gasteiger partial charge in [0, 0.05) is 25.8 Å². The van der Waals surface area contributed by atoms with E-state index >= 15 is 0 Å². The topological polar surface area (TPSA) is 68.8 Å². The van der Waals surface area contributed by atoms with Gasteiger partial charge in [0.15, 0.2) is 0 Å². The second-order valence-electron chi connectivity index (χ2n) is 5.12. The Balaban J connectivity index is 1.70. The van der Waals surface area contributed by atoms with Crippen LogP contribution in [-0.2, 0) is 13.1 Å². The van der Waals surface area contributed by atoms with E-state index in [0.717, 1.165) is 25.3 Å². The van der Waals surface area contributed by atoms with Crippen LogP contribution in [0, 0.1) is 5.41 Å². The van der Waals surface area contributed by atoms with Crippen molar-refractivity contribution in [2.75, 3.05) is 13.1 Å². The van der Waals surface area contributed by atoms with E-state index in [-0.39, 0.29) is 0 Å². The van der Waals surface area contributed by atoms with Crippen LogP contribution in [0.4, 0.5) is 0 Å². The van der Waals surface area contributed by atoms with E-state index in [1.54, 1.807) is 4.68 Å². The van der Waals surface area contributed by atoms with Crippen molar-refractivity contribution in [1.29, 1.82) is 0 Å². The fourth-order valence-electron chi connectivity index (χ4n) is 2.34. The largest absolute Gasteiger partial charge is 0.329 e. The molecule has 0 spiro atoms. The normalized spacial score (nSPS) is 17.3. The van der Waals surface area contributed by atoms with E-state index in [1.165, 1.54) is 25.7 Å². The van der Waals surface area contributed by atoms with Gasteiger partial charge in [0.2, 0.25) is 0 Å². The predicted molar refractivity (Wildman–Crippen MR) is 67.4 cm³/mol. The van der Waals surface area contributed by atoms with E-state index in [4.69, 9.17) is 5.73 Å². The minimum atomic E-state index is 0.599. The molecular formula is C12H23N5. The second-order valence-corrected chi connectivity index (χ2v) is 5.12. The van der Waals surface area contributed by atoms with Gasteiger partial charge in [0.25, 0.3) is 0 Å². The average molecular weight is 237 g/mol. The maximum Gasteiger partial charge on any atom is 0.0964 e. The van der Waals surface area contributed by atoms with Crippen molar-refractivity contribution in [3.05, 3.63) is 11.9 Å². The van der Waals surface area contributed by atoms with Gasteiger partial charge in [0.05, 0.1) is 12.2 Å². The van der Waals surface area contributed by atoms with Crippen molar-refractivity contribution >= 4 is 0 Å². The van der Waals surface area contributed by atoms with Crippen LogP contribution in [0.25, 0.3) is 0 Å². The second kappa shape index (κ2) is 5.60. The monoisotopic (exact) mass is 237 g/mol. The molecule has 5 nitrogen and oxygen atoms in total. The molecule has 0 bridgehead atoms. The summed E-state index contributed by atoms with van der Waals surface area (Å²) in [6.45, 7) is 5.54. The molecular weight excluding hydrogens is 214 g/mol. The molecule has 3 N–H and O–H groups in total. The minimum absolute atomic E-state index is 0.599. The van der Waals surface area contributed by atoms with E-state index in [1.807, 2.05) is 6.20 Å². The third kappa shape index (κ3) is 3.51. The number of hydrogen-bond acceptors (Lipinski definition) is 4. The molecule has 1 aliphatic rings. The summed E-state index contributed by atoms with van der Waals surface area (Å²) in [7, 11) is 0. The summed E-state index contributed by atoms with van der Waals surface area (Å²) in [6, 6.07) is 0. The van der Waals surface area contributed by atoms with Crippen LogP contribution < -0.4 is 11.1 Å². The summed E-state index contributed by atoms with van der Waals surface area (Å²) in [5, 5.41) is 11.6. The molecule has 0 amide bonds. The Morgan fingerprint density at radius 1 is 1.53 bits per heavy atom. The number of nitrogens with one attached hydrogen (secondary N) is 1. The van der Waals surface area contributed by atoms with Gasteiger partial charge in [-0.05, 0) is 24.7 Å². The van der Waals surface area contributed by atoms with Crippen LogP contribution in [0.1, 0.15) is 38.3 Å². The number of nitrogens with two attached hydrogens (primary N) is 1. The summed E-state index contributed by atoms with van der Waals surface area (Å²) in [6.07, 6.45) is 7.37. The molecule has 1 saturated carbocycles. The molecule has 0 unspecified atom stereocenters. The summed E-state index contributed by atoms with van der Waals surface area (Å²) >= 11 is 0. The first-order valence-electron chi connectivity index (χ1n) is 6.58. The van der Waals surface area contributed by atoms with Crippen LogP contribution in [0.15, 0.2) is 6.20 Å². The third-order valence-corrected chi connectivity index (χ3v) is 3.49. The van der Waals surface area contributed by atoms with Crippen molar-refractivity contribution in [3.8, 4) is 0 Å². The maximum atomic E-state index is 5.46. The lowest BCUT2D eigenvalue weighted by atomic mass is 10.0. The highest BCUT2D eigenvalue weighted by Crippen LogP contribution is 2.48. The van der Waals surface area contributed by atoms with E-state index < -0.39 is 0 Å². The molecule has 96 valence electrons. The van der Waals surface area contributed by atoms with Crippen molar-refractivity contribution in [1.82, 2.24) is 20.3 Å². The van der Waals surface area contributed by atoms with Crippen LogP contribution in [0.5, 0.6) is 0 Å². The van der Waals surface area contributed by atoms with Gasteiger partial charge >= 0.3 is 0 Å². The van der Waals surface area contributed by atoms with Crippen LogP contribution in [-0.4, -0.2) is 28.1 Å². The van der Waals surface area contributed by atoms with Gasteiger partial charge < -0.3 is 11.1 Å². The standard InChI is InChI=1S/C12H23N5/c1-2-3-12(4-5-12)10-14-8-11-9-17(7-6-13)16-15-11/h9,14H,2-8,10,13H2,1H3. The summed E-state index contributed by atoms with van der Waals surface area (Å²) in [4.78, 5) is 0. The fraction of sp³-hybridized carbons (Fsp3) is 0.833. The molecule has 2 rings (SSSR count). The zero-order valence-electron chi connectivity index (χ0n) is 10.7. The molecule has 0 atom stereocenters. The molecule has 0 aliphatic heterocycles. The van der Waals surface area contributed by atoms with Gasteiger partial charge in [-0.15, -0.1) is 5.10 Å². The van der Waals surface area contributed by atoms with Gasteiger partial charge in [0.1, 0.15) is 0 Å². The SMILES string of the molecule is CCCC1(CNCc2cn(CCN)nn2)CC1. The lowest BCUT2D eigenvalue weighted by molar-refractivity contribution is 0.419. The fourth-order valence-corrected chi connectivity index (χ4v) is 2.34. The molecule has 0 radical (unpaired) electrons. The van der Waals surface area contributed by atoms with Crippen LogP contribution in [0.2, 0.25) is 0 Å². The number of nitrogens with zero attached hydrogens (tertiary/aromatic N) is 3. The van der Waals surface area contributed by atoms with E-state index in [0.29, 0.717) is 12.0 Å². The minimum Gasteiger partial charge on any atom is -0.329 e. The van der Waals surface area contributed by atoms with E-state index in [2.05, 4.69) is 22.6 Å². The molecule has 17 heavy (non-hydrogen) atoms. The van der Waals surface area contributed by atoms with Crippen molar-refractivity contribution in [2.24, 2.45) is 11.1 Å². The van der Waals surface area contributed by atoms with Gasteiger partial charge in [-0.3, -0.25) is 4.68 Å². The Morgan fingerprint density at radius 3 is 3.00 bits per heavy atom. The van der Waals surface area contributed by atoms with Crippen molar-refractivity contribution in [2.45, 2.75) is 45.7 Å². The van der Waals surface area contributed by atoms with Gasteiger partial charge in [-0.1, -0.05) is 18.6 Å². The number of hydrogen-bond donors (Lipinski definition) is 2. The Kier molecular flexibility index (Phi) is 4.12. The first kappa shape index (κ1) is 12.5. The van der Waals surface area contributed by atoms with E-state index in [9.17, 15) is 0 Å². The summed E-state index contributed by atoms with van der Waals surface area (Å²) < 4.78 is 1.80. The zero-order chi connectivity index (χ0) is 12.1. The van der Waals surface area contributed by atoms with Gasteiger partial charge in [-0.25, -0.2) is 0 Å². The smallest absolute Gasteiger partial charge is 0.0964 e. The number of aromatic nitrogens is 3. The number of rotatable bonds is 8. The molecule has 0 saturated heterocycles. The predicted octanol–water partition coefficient (Wildman–Crippen LogP) is 0.907. The molecule has 1 aliphatic carbocycles. The molecule has 1 aromatic rings. The maximum absolute atomic E-state index is 5.46. The van der Waals surface area contributed by atoms with Gasteiger partial charge in [-0.2, -0.15) is 0 Å². The average Bonchev–Trinajstić information content (AvgIpc) is 2.92. The van der Waals surface area contributed by atoms with Crippen molar-refractivity contribution in [3.63, 3.8) is 0 Å². The summed E-state index contributed by atoms with van der Waals surface area (Å²) in [5.74, 6) is 0. The first-order valence-corrected chi connectivity index (χ1v) is 6.58. The molecule has 0 aromatic carbocycles. The lowest BCUT2D eigenvalue weighted by Gasteiger charge is -2.13. The highest BCUT2D eigenvalue weighted by Gasteiger charge is 2.40. The molecule has 5 heteroatoms. The molecule has 1 heterocycles. The highest BCUT2D eigenvalue weighted by molar-refractivity contribution is 4.96. The van der Waals surface area contributed by atoms with Crippen LogP contribution in [0.3, 0.4) is 0 Å². The quantitative estimate of drug-likeness (QED) is 0.705. The first-order chi connectivity index (χ1) is 8.28. The molecule has 1 fully saturated rings.